The van der Waals surface area contributed by atoms with Crippen LogP contribution >= 0.6 is 8.09 Å². The SMILES string of the molecule is C[C@H](N=[P+](N)[O-])C(=O)O. The zero-order valence-corrected chi connectivity index (χ0v) is 5.71. The fraction of sp³-hybridized carbons (Fsp3) is 0.667. The van der Waals surface area contributed by atoms with Gasteiger partial charge in [0.15, 0.2) is 6.04 Å². The fourth-order valence-electron chi connectivity index (χ4n) is 0.220. The van der Waals surface area contributed by atoms with E-state index < -0.39 is 20.1 Å². The van der Waals surface area contributed by atoms with Crippen molar-refractivity contribution >= 4 is 14.1 Å². The van der Waals surface area contributed by atoms with Gasteiger partial charge in [0.2, 0.25) is 0 Å². The van der Waals surface area contributed by atoms with E-state index in [0.717, 1.165) is 0 Å². The lowest BCUT2D eigenvalue weighted by atomic mass is 10.4. The van der Waals surface area contributed by atoms with Crippen LogP contribution in [0.1, 0.15) is 6.92 Å². The summed E-state index contributed by atoms with van der Waals surface area (Å²) in [5.41, 5.74) is 4.71. The van der Waals surface area contributed by atoms with Crippen molar-refractivity contribution in [1.29, 1.82) is 0 Å². The molecule has 0 saturated carbocycles. The molecule has 0 aliphatic heterocycles. The van der Waals surface area contributed by atoms with Crippen LogP contribution in [0.25, 0.3) is 0 Å². The number of rotatable bonds is 2. The number of carboxylic acids is 1. The highest BCUT2D eigenvalue weighted by Gasteiger charge is 2.11. The van der Waals surface area contributed by atoms with Crippen molar-refractivity contribution in [3.63, 3.8) is 0 Å². The lowest BCUT2D eigenvalue weighted by Crippen LogP contribution is -2.13. The van der Waals surface area contributed by atoms with Crippen LogP contribution in [-0.4, -0.2) is 17.1 Å². The monoisotopic (exact) mass is 150 g/mol. The lowest BCUT2D eigenvalue weighted by molar-refractivity contribution is -0.156. The van der Waals surface area contributed by atoms with Crippen LogP contribution in [0.2, 0.25) is 0 Å². The lowest BCUT2D eigenvalue weighted by Gasteiger charge is -1.92. The second-order valence-corrected chi connectivity index (χ2v) is 2.27. The van der Waals surface area contributed by atoms with Gasteiger partial charge in [-0.3, -0.25) is 0 Å². The van der Waals surface area contributed by atoms with E-state index in [-0.39, 0.29) is 0 Å². The van der Waals surface area contributed by atoms with E-state index in [0.29, 0.717) is 0 Å². The molecule has 5 nitrogen and oxygen atoms in total. The summed E-state index contributed by atoms with van der Waals surface area (Å²) < 4.78 is 3.16. The minimum atomic E-state index is -2.18. The number of carbonyl (C=O) groups is 1. The van der Waals surface area contributed by atoms with Crippen LogP contribution in [0.15, 0.2) is 4.74 Å². The smallest absolute Gasteiger partial charge is 0.332 e. The topological polar surface area (TPSA) is 98.7 Å². The molecule has 52 valence electrons. The van der Waals surface area contributed by atoms with Crippen LogP contribution in [0.3, 0.4) is 0 Å². The van der Waals surface area contributed by atoms with Crippen LogP contribution in [0.5, 0.6) is 0 Å². The highest BCUT2D eigenvalue weighted by atomic mass is 31.1. The van der Waals surface area contributed by atoms with Crippen molar-refractivity contribution in [1.82, 2.24) is 0 Å². The van der Waals surface area contributed by atoms with Gasteiger partial charge in [0.25, 0.3) is 8.09 Å². The third-order valence-corrected chi connectivity index (χ3v) is 1.22. The molecule has 0 aromatic carbocycles. The number of hydrogen-bond donors (Lipinski definition) is 2. The minimum absolute atomic E-state index is 0.974. The van der Waals surface area contributed by atoms with Crippen molar-refractivity contribution in [3.8, 4) is 0 Å². The number of nitrogens with zero attached hydrogens (tertiary/aromatic N) is 1. The standard InChI is InChI=1S/C3H7N2O3P/c1-2(3(6)7)5-9(4)8/h2H,1H3,(H2,4,5)(H,6,7)/t2-/m0/s1. The Labute approximate surface area is 53.1 Å². The van der Waals surface area contributed by atoms with Gasteiger partial charge in [-0.2, -0.15) is 0 Å². The Balaban J connectivity index is 3.91. The van der Waals surface area contributed by atoms with Gasteiger partial charge in [0, 0.05) is 0 Å². The Kier molecular flexibility index (Phi) is 3.30. The molecule has 0 aromatic heterocycles. The first-order valence-electron chi connectivity index (χ1n) is 2.19. The molecule has 0 saturated heterocycles. The molecule has 0 fully saturated rings. The largest absolute Gasteiger partial charge is 0.595 e. The average Bonchev–Trinajstić information content (AvgIpc) is 1.63. The first-order chi connectivity index (χ1) is 4.04. The van der Waals surface area contributed by atoms with E-state index in [1.54, 1.807) is 0 Å². The Morgan fingerprint density at radius 3 is 2.56 bits per heavy atom. The second-order valence-electron chi connectivity index (χ2n) is 1.43. The molecule has 0 aliphatic rings. The quantitative estimate of drug-likeness (QED) is 0.507. The van der Waals surface area contributed by atoms with Crippen molar-refractivity contribution in [2.24, 2.45) is 10.2 Å². The summed E-state index contributed by atoms with van der Waals surface area (Å²) >= 11 is 0. The highest BCUT2D eigenvalue weighted by molar-refractivity contribution is 7.36. The molecule has 6 heteroatoms. The highest BCUT2D eigenvalue weighted by Crippen LogP contribution is 2.04. The van der Waals surface area contributed by atoms with Gasteiger partial charge < -0.3 is 10.00 Å². The number of carboxylic acid groups (broad SMARTS) is 1. The maximum Gasteiger partial charge on any atom is 0.332 e. The molecular formula is C3H7N2O3P. The summed E-state index contributed by atoms with van der Waals surface area (Å²) in [6.45, 7) is 1.31. The molecule has 9 heavy (non-hydrogen) atoms. The molecule has 0 bridgehead atoms. The van der Waals surface area contributed by atoms with Gasteiger partial charge in [-0.15, -0.1) is 5.50 Å². The van der Waals surface area contributed by atoms with E-state index >= 15 is 0 Å². The predicted octanol–water partition coefficient (Wildman–Crippen LogP) is -0.726. The van der Waals surface area contributed by atoms with Crippen LogP contribution in [0, 0.1) is 0 Å². The summed E-state index contributed by atoms with van der Waals surface area (Å²) in [6.07, 6.45) is 0. The summed E-state index contributed by atoms with van der Waals surface area (Å²) in [4.78, 5) is 20.0. The molecule has 0 radical (unpaired) electrons. The van der Waals surface area contributed by atoms with Gasteiger partial charge in [0.1, 0.15) is 0 Å². The molecule has 0 rings (SSSR count). The number of nitrogens with two attached hydrogens (primary N) is 1. The van der Waals surface area contributed by atoms with E-state index in [4.69, 9.17) is 10.6 Å². The zero-order valence-electron chi connectivity index (χ0n) is 4.81. The normalized spacial score (nSPS) is 15.2. The Morgan fingerprint density at radius 2 is 2.44 bits per heavy atom. The predicted molar refractivity (Wildman–Crippen MR) is 30.6 cm³/mol. The summed E-state index contributed by atoms with van der Waals surface area (Å²) in [5.74, 6) is -1.12. The van der Waals surface area contributed by atoms with Crippen LogP contribution in [-0.2, 0) is 4.79 Å². The Bertz CT molecular complexity index is 142. The van der Waals surface area contributed by atoms with Crippen LogP contribution < -0.4 is 10.4 Å². The van der Waals surface area contributed by atoms with E-state index in [2.05, 4.69) is 4.74 Å². The van der Waals surface area contributed by atoms with Crippen LogP contribution in [0.4, 0.5) is 0 Å². The zero-order chi connectivity index (χ0) is 7.44. The van der Waals surface area contributed by atoms with Crippen molar-refractivity contribution in [3.05, 3.63) is 0 Å². The molecule has 0 aliphatic carbocycles. The molecular weight excluding hydrogens is 143 g/mol. The first kappa shape index (κ1) is 8.49. The second kappa shape index (κ2) is 3.50. The van der Waals surface area contributed by atoms with Gasteiger partial charge in [-0.1, -0.05) is 4.74 Å². The molecule has 1 unspecified atom stereocenters. The third-order valence-electron chi connectivity index (χ3n) is 0.644. The minimum Gasteiger partial charge on any atom is -0.595 e. The Hall–Kier alpha value is -0.510. The number of aliphatic carboxylic acids is 1. The third kappa shape index (κ3) is 4.02. The van der Waals surface area contributed by atoms with E-state index in [1.165, 1.54) is 6.92 Å². The number of hydrogen-bond acceptors (Lipinski definition) is 3. The van der Waals surface area contributed by atoms with Gasteiger partial charge in [-0.05, 0) is 6.92 Å². The Morgan fingerprint density at radius 1 is 2.00 bits per heavy atom. The van der Waals surface area contributed by atoms with Crippen molar-refractivity contribution in [2.45, 2.75) is 13.0 Å². The van der Waals surface area contributed by atoms with Gasteiger partial charge >= 0.3 is 5.97 Å². The molecule has 0 heterocycles. The maximum absolute atomic E-state index is 10.1. The van der Waals surface area contributed by atoms with E-state index in [9.17, 15) is 9.69 Å². The molecule has 0 aromatic rings. The molecule has 0 amide bonds. The van der Waals surface area contributed by atoms with Crippen molar-refractivity contribution in [2.75, 3.05) is 0 Å². The summed E-state index contributed by atoms with van der Waals surface area (Å²) in [7, 11) is -2.18. The molecule has 2 atom stereocenters. The summed E-state index contributed by atoms with van der Waals surface area (Å²) in [6, 6.07) is -0.974. The fourth-order valence-corrected chi connectivity index (χ4v) is 0.660. The first-order valence-corrected chi connectivity index (χ1v) is 3.47. The maximum atomic E-state index is 10.1. The van der Waals surface area contributed by atoms with Gasteiger partial charge in [0.05, 0.1) is 0 Å². The summed E-state index contributed by atoms with van der Waals surface area (Å²) in [5, 5.41) is 8.15. The average molecular weight is 150 g/mol. The molecule has 3 N–H and O–H groups in total. The van der Waals surface area contributed by atoms with E-state index in [1.807, 2.05) is 0 Å². The molecule has 0 spiro atoms. The van der Waals surface area contributed by atoms with Crippen molar-refractivity contribution < 1.29 is 14.8 Å². The van der Waals surface area contributed by atoms with Gasteiger partial charge in [-0.25, -0.2) is 4.79 Å².